The molecule has 30 heavy (non-hydrogen) atoms. The molecule has 0 atom stereocenters. The molecule has 1 aliphatic rings. The van der Waals surface area contributed by atoms with Crippen molar-refractivity contribution in [3.63, 3.8) is 0 Å². The van der Waals surface area contributed by atoms with Crippen molar-refractivity contribution in [3.05, 3.63) is 83.7 Å². The average Bonchev–Trinajstić information content (AvgIpc) is 3.05. The maximum atomic E-state index is 12.8. The van der Waals surface area contributed by atoms with E-state index in [4.69, 9.17) is 5.73 Å². The molecule has 4 rings (SSSR count). The van der Waals surface area contributed by atoms with Crippen LogP contribution in [0.4, 0.5) is 11.6 Å². The Morgan fingerprint density at radius 3 is 2.50 bits per heavy atom. The van der Waals surface area contributed by atoms with Crippen molar-refractivity contribution in [2.75, 3.05) is 36.8 Å². The molecule has 1 amide bonds. The van der Waals surface area contributed by atoms with Gasteiger partial charge in [0, 0.05) is 37.9 Å². The van der Waals surface area contributed by atoms with Gasteiger partial charge in [0.15, 0.2) is 0 Å². The number of aromatic nitrogens is 2. The second-order valence-corrected chi connectivity index (χ2v) is 7.15. The minimum atomic E-state index is -0.252. The van der Waals surface area contributed by atoms with Crippen LogP contribution in [0.15, 0.2) is 66.9 Å². The Morgan fingerprint density at radius 1 is 0.867 bits per heavy atom. The maximum absolute atomic E-state index is 12.8. The van der Waals surface area contributed by atoms with Gasteiger partial charge in [-0.15, -0.1) is 0 Å². The van der Waals surface area contributed by atoms with Crippen LogP contribution in [0.2, 0.25) is 0 Å². The van der Waals surface area contributed by atoms with Crippen molar-refractivity contribution in [3.8, 4) is 0 Å². The van der Waals surface area contributed by atoms with Gasteiger partial charge in [0.25, 0.3) is 5.91 Å². The van der Waals surface area contributed by atoms with E-state index in [1.165, 1.54) is 0 Å². The van der Waals surface area contributed by atoms with Gasteiger partial charge in [0.05, 0.1) is 5.56 Å². The molecule has 2 N–H and O–H groups in total. The van der Waals surface area contributed by atoms with Crippen LogP contribution in [-0.4, -0.2) is 52.7 Å². The lowest BCUT2D eigenvalue weighted by Gasteiger charge is -2.23. The number of hydrogen-bond donors (Lipinski definition) is 1. The summed E-state index contributed by atoms with van der Waals surface area (Å²) >= 11 is 0. The molecule has 7 nitrogen and oxygen atoms in total. The third-order valence-electron chi connectivity index (χ3n) is 5.18. The van der Waals surface area contributed by atoms with E-state index >= 15 is 0 Å². The lowest BCUT2D eigenvalue weighted by atomic mass is 10.1. The first-order valence-electron chi connectivity index (χ1n) is 9.95. The van der Waals surface area contributed by atoms with Crippen LogP contribution < -0.4 is 10.6 Å². The number of anilines is 2. The van der Waals surface area contributed by atoms with Crippen LogP contribution in [0.3, 0.4) is 0 Å². The molecule has 0 unspecified atom stereocenters. The van der Waals surface area contributed by atoms with Gasteiger partial charge in [-0.05, 0) is 42.8 Å². The van der Waals surface area contributed by atoms with Gasteiger partial charge < -0.3 is 15.5 Å². The van der Waals surface area contributed by atoms with Crippen LogP contribution in [0, 0.1) is 0 Å². The standard InChI is InChI=1S/C23H23N5O2/c24-22-18(9-5-12-25-22)21(29)19-10-4-11-20(26-19)27-13-6-14-28(16-15-27)23(30)17-7-2-1-3-8-17/h1-5,7-12H,6,13-16H2,(H2,24,25). The van der Waals surface area contributed by atoms with Crippen molar-refractivity contribution in [1.29, 1.82) is 0 Å². The lowest BCUT2D eigenvalue weighted by Crippen LogP contribution is -2.35. The van der Waals surface area contributed by atoms with Gasteiger partial charge in [0.1, 0.15) is 17.3 Å². The summed E-state index contributed by atoms with van der Waals surface area (Å²) in [5.74, 6) is 0.705. The predicted molar refractivity (Wildman–Crippen MR) is 115 cm³/mol. The highest BCUT2D eigenvalue weighted by molar-refractivity contribution is 6.10. The average molecular weight is 401 g/mol. The summed E-state index contributed by atoms with van der Waals surface area (Å²) in [5, 5.41) is 0. The molecule has 0 spiro atoms. The van der Waals surface area contributed by atoms with E-state index in [9.17, 15) is 9.59 Å². The summed E-state index contributed by atoms with van der Waals surface area (Å²) in [4.78, 5) is 38.1. The third-order valence-corrected chi connectivity index (χ3v) is 5.18. The van der Waals surface area contributed by atoms with Gasteiger partial charge in [-0.2, -0.15) is 0 Å². The molecule has 0 radical (unpaired) electrons. The topological polar surface area (TPSA) is 92.4 Å². The molecular weight excluding hydrogens is 378 g/mol. The van der Waals surface area contributed by atoms with Gasteiger partial charge in [-0.25, -0.2) is 9.97 Å². The normalized spacial score (nSPS) is 14.3. The number of carbonyl (C=O) groups is 2. The number of ketones is 1. The van der Waals surface area contributed by atoms with E-state index in [1.54, 1.807) is 24.4 Å². The van der Waals surface area contributed by atoms with Gasteiger partial charge >= 0.3 is 0 Å². The number of carbonyl (C=O) groups excluding carboxylic acids is 2. The van der Waals surface area contributed by atoms with Crippen molar-refractivity contribution in [2.45, 2.75) is 6.42 Å². The largest absolute Gasteiger partial charge is 0.383 e. The van der Waals surface area contributed by atoms with Gasteiger partial charge in [-0.3, -0.25) is 9.59 Å². The molecule has 0 bridgehead atoms. The highest BCUT2D eigenvalue weighted by Crippen LogP contribution is 2.19. The fourth-order valence-electron chi connectivity index (χ4n) is 3.59. The van der Waals surface area contributed by atoms with E-state index in [2.05, 4.69) is 14.9 Å². The molecule has 3 aromatic rings. The fourth-order valence-corrected chi connectivity index (χ4v) is 3.59. The second-order valence-electron chi connectivity index (χ2n) is 7.15. The van der Waals surface area contributed by atoms with E-state index in [0.717, 1.165) is 18.8 Å². The van der Waals surface area contributed by atoms with Gasteiger partial charge in [0.2, 0.25) is 5.78 Å². The Balaban J connectivity index is 1.49. The summed E-state index contributed by atoms with van der Waals surface area (Å²) in [6.45, 7) is 2.70. The van der Waals surface area contributed by atoms with Crippen molar-refractivity contribution in [1.82, 2.24) is 14.9 Å². The second kappa shape index (κ2) is 8.73. The number of pyridine rings is 2. The Hall–Kier alpha value is -3.74. The molecule has 2 aromatic heterocycles. The van der Waals surface area contributed by atoms with E-state index < -0.39 is 0 Å². The zero-order chi connectivity index (χ0) is 20.9. The first kappa shape index (κ1) is 19.6. The summed E-state index contributed by atoms with van der Waals surface area (Å²) in [6, 6.07) is 18.0. The highest BCUT2D eigenvalue weighted by Gasteiger charge is 2.22. The summed E-state index contributed by atoms with van der Waals surface area (Å²) < 4.78 is 0. The summed E-state index contributed by atoms with van der Waals surface area (Å²) in [5.41, 5.74) is 7.22. The minimum Gasteiger partial charge on any atom is -0.383 e. The zero-order valence-corrected chi connectivity index (χ0v) is 16.6. The van der Waals surface area contributed by atoms with E-state index in [1.807, 2.05) is 47.4 Å². The van der Waals surface area contributed by atoms with Crippen LogP contribution in [-0.2, 0) is 0 Å². The number of nitrogens with zero attached hydrogens (tertiary/aromatic N) is 4. The molecular formula is C23H23N5O2. The molecule has 1 aromatic carbocycles. The Labute approximate surface area is 175 Å². The van der Waals surface area contributed by atoms with Crippen LogP contribution in [0.25, 0.3) is 0 Å². The molecule has 0 aliphatic carbocycles. The Bertz CT molecular complexity index is 1050. The molecule has 1 saturated heterocycles. The summed E-state index contributed by atoms with van der Waals surface area (Å²) in [6.07, 6.45) is 2.38. The molecule has 1 fully saturated rings. The highest BCUT2D eigenvalue weighted by atomic mass is 16.2. The first-order chi connectivity index (χ1) is 14.6. The summed E-state index contributed by atoms with van der Waals surface area (Å²) in [7, 11) is 0. The lowest BCUT2D eigenvalue weighted by molar-refractivity contribution is 0.0767. The zero-order valence-electron chi connectivity index (χ0n) is 16.6. The SMILES string of the molecule is Nc1ncccc1C(=O)c1cccc(N2CCCN(C(=O)c3ccccc3)CC2)n1. The minimum absolute atomic E-state index is 0.0430. The molecule has 0 saturated carbocycles. The van der Waals surface area contributed by atoms with E-state index in [0.29, 0.717) is 36.5 Å². The van der Waals surface area contributed by atoms with Gasteiger partial charge in [-0.1, -0.05) is 24.3 Å². The Kier molecular flexibility index (Phi) is 5.70. The molecule has 3 heterocycles. The number of amides is 1. The number of benzene rings is 1. The Morgan fingerprint density at radius 2 is 1.70 bits per heavy atom. The van der Waals surface area contributed by atoms with Crippen molar-refractivity contribution < 1.29 is 9.59 Å². The first-order valence-corrected chi connectivity index (χ1v) is 9.95. The monoisotopic (exact) mass is 401 g/mol. The van der Waals surface area contributed by atoms with Crippen LogP contribution in [0.1, 0.15) is 32.8 Å². The van der Waals surface area contributed by atoms with Crippen molar-refractivity contribution in [2.24, 2.45) is 0 Å². The maximum Gasteiger partial charge on any atom is 0.253 e. The number of hydrogen-bond acceptors (Lipinski definition) is 6. The fraction of sp³-hybridized carbons (Fsp3) is 0.217. The predicted octanol–water partition coefficient (Wildman–Crippen LogP) is 2.64. The quantitative estimate of drug-likeness (QED) is 0.676. The molecule has 152 valence electrons. The third kappa shape index (κ3) is 4.15. The van der Waals surface area contributed by atoms with Crippen molar-refractivity contribution >= 4 is 23.3 Å². The number of nitrogens with two attached hydrogens (primary N) is 1. The smallest absolute Gasteiger partial charge is 0.253 e. The van der Waals surface area contributed by atoms with E-state index in [-0.39, 0.29) is 17.5 Å². The van der Waals surface area contributed by atoms with Crippen LogP contribution in [0.5, 0.6) is 0 Å². The molecule has 1 aliphatic heterocycles. The molecule has 7 heteroatoms. The van der Waals surface area contributed by atoms with Crippen LogP contribution >= 0.6 is 0 Å². The number of nitrogen functional groups attached to an aromatic ring is 1. The number of rotatable bonds is 4.